The molecule has 0 radical (unpaired) electrons. The van der Waals surface area contributed by atoms with Gasteiger partial charge in [-0.2, -0.15) is 0 Å². The lowest BCUT2D eigenvalue weighted by Gasteiger charge is -2.44. The number of likely N-dealkylation sites (tertiary alicyclic amines) is 1. The highest BCUT2D eigenvalue weighted by molar-refractivity contribution is 5.69. The van der Waals surface area contributed by atoms with Crippen LogP contribution in [0.5, 0.6) is 0 Å². The zero-order chi connectivity index (χ0) is 17.2. The Balaban J connectivity index is 2.30. The van der Waals surface area contributed by atoms with Gasteiger partial charge in [0.2, 0.25) is 0 Å². The second kappa shape index (κ2) is 6.91. The molecule has 0 spiro atoms. The zero-order valence-corrected chi connectivity index (χ0v) is 15.0. The summed E-state index contributed by atoms with van der Waals surface area (Å²) in [4.78, 5) is 14.5. The van der Waals surface area contributed by atoms with Crippen LogP contribution in [0.2, 0.25) is 0 Å². The van der Waals surface area contributed by atoms with Crippen LogP contribution in [-0.2, 0) is 4.74 Å². The van der Waals surface area contributed by atoms with Gasteiger partial charge in [-0.25, -0.2) is 4.79 Å². The van der Waals surface area contributed by atoms with Gasteiger partial charge in [0, 0.05) is 24.5 Å². The van der Waals surface area contributed by atoms with Crippen LogP contribution in [0, 0.1) is 6.92 Å². The topological polar surface area (TPSA) is 55.6 Å². The summed E-state index contributed by atoms with van der Waals surface area (Å²) in [5.74, 6) is 0.262. The van der Waals surface area contributed by atoms with Crippen LogP contribution >= 0.6 is 0 Å². The molecule has 3 unspecified atom stereocenters. The summed E-state index contributed by atoms with van der Waals surface area (Å²) in [6.07, 6.45) is 1.55. The summed E-state index contributed by atoms with van der Waals surface area (Å²) >= 11 is 0. The van der Waals surface area contributed by atoms with Gasteiger partial charge in [0.05, 0.1) is 0 Å². The Kier molecular flexibility index (Phi) is 5.35. The molecule has 4 heteroatoms. The average molecular weight is 318 g/mol. The van der Waals surface area contributed by atoms with Crippen LogP contribution in [0.15, 0.2) is 24.3 Å². The number of nitrogens with two attached hydrogens (primary N) is 1. The standard InChI is InChI=1S/C19H30N2O2/c1-6-17-16(15-10-8-7-9-13(15)2)11-14(20)12-21(17)18(22)23-19(3,4)5/h7-10,14,16-17H,6,11-12,20H2,1-5H3. The van der Waals surface area contributed by atoms with E-state index in [0.29, 0.717) is 6.54 Å². The number of aryl methyl sites for hydroxylation is 1. The average Bonchev–Trinajstić information content (AvgIpc) is 2.45. The maximum absolute atomic E-state index is 12.6. The summed E-state index contributed by atoms with van der Waals surface area (Å²) < 4.78 is 5.60. The van der Waals surface area contributed by atoms with E-state index in [4.69, 9.17) is 10.5 Å². The molecule has 1 saturated heterocycles. The highest BCUT2D eigenvalue weighted by Crippen LogP contribution is 2.36. The first-order chi connectivity index (χ1) is 10.7. The fourth-order valence-electron chi connectivity index (χ4n) is 3.54. The fraction of sp³-hybridized carbons (Fsp3) is 0.632. The molecule has 23 heavy (non-hydrogen) atoms. The first-order valence-electron chi connectivity index (χ1n) is 8.53. The Morgan fingerprint density at radius 1 is 1.35 bits per heavy atom. The Bertz CT molecular complexity index is 551. The maximum Gasteiger partial charge on any atom is 0.410 e. The fourth-order valence-corrected chi connectivity index (χ4v) is 3.54. The van der Waals surface area contributed by atoms with Crippen molar-refractivity contribution in [2.45, 2.75) is 71.1 Å². The van der Waals surface area contributed by atoms with Crippen molar-refractivity contribution >= 4 is 6.09 Å². The van der Waals surface area contributed by atoms with Crippen molar-refractivity contribution in [3.8, 4) is 0 Å². The minimum Gasteiger partial charge on any atom is -0.444 e. The molecule has 1 aliphatic heterocycles. The molecule has 4 nitrogen and oxygen atoms in total. The largest absolute Gasteiger partial charge is 0.444 e. The van der Waals surface area contributed by atoms with Crippen molar-refractivity contribution in [3.63, 3.8) is 0 Å². The molecule has 1 aromatic rings. The lowest BCUT2D eigenvalue weighted by molar-refractivity contribution is 0.00335. The molecule has 1 fully saturated rings. The molecule has 1 aromatic carbocycles. The highest BCUT2D eigenvalue weighted by atomic mass is 16.6. The molecule has 0 saturated carbocycles. The second-order valence-electron chi connectivity index (χ2n) is 7.57. The Labute approximate surface area is 140 Å². The van der Waals surface area contributed by atoms with Crippen molar-refractivity contribution in [1.29, 1.82) is 0 Å². The number of piperidine rings is 1. The van der Waals surface area contributed by atoms with E-state index in [1.165, 1.54) is 11.1 Å². The van der Waals surface area contributed by atoms with E-state index in [1.54, 1.807) is 0 Å². The number of ether oxygens (including phenoxy) is 1. The number of hydrogen-bond donors (Lipinski definition) is 1. The van der Waals surface area contributed by atoms with Crippen LogP contribution in [0.1, 0.15) is 57.6 Å². The van der Waals surface area contributed by atoms with E-state index in [9.17, 15) is 4.79 Å². The third-order valence-corrected chi connectivity index (χ3v) is 4.49. The third kappa shape index (κ3) is 4.25. The number of carbonyl (C=O) groups excluding carboxylic acids is 1. The molecule has 0 bridgehead atoms. The van der Waals surface area contributed by atoms with Crippen molar-refractivity contribution in [3.05, 3.63) is 35.4 Å². The lowest BCUT2D eigenvalue weighted by Crippen LogP contribution is -2.55. The summed E-state index contributed by atoms with van der Waals surface area (Å²) in [5, 5.41) is 0. The lowest BCUT2D eigenvalue weighted by atomic mass is 9.79. The number of amides is 1. The number of nitrogens with zero attached hydrogens (tertiary/aromatic N) is 1. The van der Waals surface area contributed by atoms with Crippen LogP contribution < -0.4 is 5.73 Å². The maximum atomic E-state index is 12.6. The van der Waals surface area contributed by atoms with Crippen LogP contribution in [0.3, 0.4) is 0 Å². The van der Waals surface area contributed by atoms with E-state index in [0.717, 1.165) is 12.8 Å². The molecule has 0 aliphatic carbocycles. The van der Waals surface area contributed by atoms with Crippen molar-refractivity contribution in [1.82, 2.24) is 4.90 Å². The van der Waals surface area contributed by atoms with Crippen molar-refractivity contribution in [2.75, 3.05) is 6.54 Å². The van der Waals surface area contributed by atoms with Gasteiger partial charge in [0.15, 0.2) is 0 Å². The van der Waals surface area contributed by atoms with Crippen LogP contribution in [0.4, 0.5) is 4.79 Å². The second-order valence-corrected chi connectivity index (χ2v) is 7.57. The molecule has 1 aliphatic rings. The molecule has 2 N–H and O–H groups in total. The molecule has 1 amide bonds. The quantitative estimate of drug-likeness (QED) is 0.901. The van der Waals surface area contributed by atoms with Gasteiger partial charge >= 0.3 is 6.09 Å². The predicted molar refractivity (Wildman–Crippen MR) is 93.5 cm³/mol. The number of hydrogen-bond acceptors (Lipinski definition) is 3. The first-order valence-corrected chi connectivity index (χ1v) is 8.53. The van der Waals surface area contributed by atoms with Gasteiger partial charge in [-0.1, -0.05) is 31.2 Å². The molecular formula is C19H30N2O2. The normalized spacial score (nSPS) is 25.3. The smallest absolute Gasteiger partial charge is 0.410 e. The first kappa shape index (κ1) is 17.8. The van der Waals surface area contributed by atoms with Gasteiger partial charge in [-0.05, 0) is 51.7 Å². The molecule has 0 aromatic heterocycles. The molecule has 2 rings (SSSR count). The summed E-state index contributed by atoms with van der Waals surface area (Å²) in [6.45, 7) is 10.5. The van der Waals surface area contributed by atoms with Crippen LogP contribution in [-0.4, -0.2) is 35.2 Å². The predicted octanol–water partition coefficient (Wildman–Crippen LogP) is 3.83. The molecular weight excluding hydrogens is 288 g/mol. The number of rotatable bonds is 2. The minimum absolute atomic E-state index is 0.0186. The monoisotopic (exact) mass is 318 g/mol. The van der Waals surface area contributed by atoms with E-state index in [2.05, 4.69) is 32.0 Å². The Hall–Kier alpha value is -1.55. The highest BCUT2D eigenvalue weighted by Gasteiger charge is 2.39. The third-order valence-electron chi connectivity index (χ3n) is 4.49. The van der Waals surface area contributed by atoms with E-state index in [-0.39, 0.29) is 24.1 Å². The zero-order valence-electron chi connectivity index (χ0n) is 15.0. The molecule has 128 valence electrons. The Morgan fingerprint density at radius 3 is 2.57 bits per heavy atom. The number of carbonyl (C=O) groups is 1. The van der Waals surface area contributed by atoms with E-state index >= 15 is 0 Å². The van der Waals surface area contributed by atoms with Gasteiger partial charge in [0.1, 0.15) is 5.60 Å². The minimum atomic E-state index is -0.491. The van der Waals surface area contributed by atoms with Crippen molar-refractivity contribution < 1.29 is 9.53 Å². The van der Waals surface area contributed by atoms with Gasteiger partial charge in [0.25, 0.3) is 0 Å². The SMILES string of the molecule is CCC1C(c2ccccc2C)CC(N)CN1C(=O)OC(C)(C)C. The molecule has 3 atom stereocenters. The summed E-state index contributed by atoms with van der Waals surface area (Å²) in [6, 6.07) is 8.51. The van der Waals surface area contributed by atoms with E-state index in [1.807, 2.05) is 31.7 Å². The van der Waals surface area contributed by atoms with E-state index < -0.39 is 5.60 Å². The number of benzene rings is 1. The molecule has 1 heterocycles. The van der Waals surface area contributed by atoms with Gasteiger partial charge in [-0.3, -0.25) is 0 Å². The van der Waals surface area contributed by atoms with Crippen LogP contribution in [0.25, 0.3) is 0 Å². The Morgan fingerprint density at radius 2 is 2.00 bits per heavy atom. The summed E-state index contributed by atoms with van der Waals surface area (Å²) in [7, 11) is 0. The van der Waals surface area contributed by atoms with Crippen molar-refractivity contribution in [2.24, 2.45) is 5.73 Å². The van der Waals surface area contributed by atoms with Gasteiger partial charge in [-0.15, -0.1) is 0 Å². The van der Waals surface area contributed by atoms with Gasteiger partial charge < -0.3 is 15.4 Å². The summed E-state index contributed by atoms with van der Waals surface area (Å²) in [5.41, 5.74) is 8.33.